The van der Waals surface area contributed by atoms with Gasteiger partial charge in [-0.05, 0) is 31.9 Å². The molecule has 0 saturated carbocycles. The van der Waals surface area contributed by atoms with E-state index in [-0.39, 0.29) is 18.6 Å². The van der Waals surface area contributed by atoms with Gasteiger partial charge in [-0.15, -0.1) is 0 Å². The molecule has 0 radical (unpaired) electrons. The summed E-state index contributed by atoms with van der Waals surface area (Å²) in [7, 11) is 0. The summed E-state index contributed by atoms with van der Waals surface area (Å²) in [4.78, 5) is 40.2. The van der Waals surface area contributed by atoms with E-state index in [1.54, 1.807) is 11.8 Å². The van der Waals surface area contributed by atoms with Crippen molar-refractivity contribution in [1.82, 2.24) is 14.5 Å². The molecule has 1 unspecified atom stereocenters. The van der Waals surface area contributed by atoms with E-state index < -0.39 is 11.2 Å². The fourth-order valence-corrected chi connectivity index (χ4v) is 3.12. The van der Waals surface area contributed by atoms with Gasteiger partial charge in [-0.25, -0.2) is 4.79 Å². The molecule has 1 aromatic heterocycles. The van der Waals surface area contributed by atoms with E-state index in [1.165, 1.54) is 10.8 Å². The summed E-state index contributed by atoms with van der Waals surface area (Å²) >= 11 is 0. The number of hydrogen-bond donors (Lipinski definition) is 1. The van der Waals surface area contributed by atoms with Crippen molar-refractivity contribution in [1.29, 1.82) is 0 Å². The quantitative estimate of drug-likeness (QED) is 0.727. The number of nitrogens with one attached hydrogen (secondary N) is 1. The minimum absolute atomic E-state index is 0.00489. The predicted molar refractivity (Wildman–Crippen MR) is 104 cm³/mol. The van der Waals surface area contributed by atoms with Gasteiger partial charge in [0.15, 0.2) is 0 Å². The highest BCUT2D eigenvalue weighted by Gasteiger charge is 2.23. The van der Waals surface area contributed by atoms with Gasteiger partial charge in [0.25, 0.3) is 5.56 Å². The van der Waals surface area contributed by atoms with Crippen molar-refractivity contribution in [3.05, 3.63) is 62.9 Å². The average molecular weight is 387 g/mol. The van der Waals surface area contributed by atoms with Crippen molar-refractivity contribution in [3.63, 3.8) is 0 Å². The molecule has 0 spiro atoms. The van der Waals surface area contributed by atoms with Crippen LogP contribution in [-0.2, 0) is 16.1 Å². The molecule has 1 atom stereocenters. The molecule has 0 bridgehead atoms. The lowest BCUT2D eigenvalue weighted by atomic mass is 10.2. The molecular weight excluding hydrogens is 362 g/mol. The van der Waals surface area contributed by atoms with Crippen molar-refractivity contribution in [3.8, 4) is 5.75 Å². The fraction of sp³-hybridized carbons (Fsp3) is 0.450. The molecule has 3 rings (SSSR count). The lowest BCUT2D eigenvalue weighted by Crippen LogP contribution is -2.43. The minimum Gasteiger partial charge on any atom is -0.492 e. The number of benzene rings is 1. The lowest BCUT2D eigenvalue weighted by molar-refractivity contribution is -0.133. The molecule has 8 heteroatoms. The molecule has 1 N–H and O–H groups in total. The number of carbonyl (C=O) groups excluding carboxylic acids is 1. The van der Waals surface area contributed by atoms with E-state index in [2.05, 4.69) is 4.98 Å². The van der Waals surface area contributed by atoms with Crippen LogP contribution < -0.4 is 16.0 Å². The van der Waals surface area contributed by atoms with Crippen molar-refractivity contribution in [2.75, 3.05) is 26.3 Å². The third-order valence-electron chi connectivity index (χ3n) is 4.67. The van der Waals surface area contributed by atoms with Crippen molar-refractivity contribution in [2.45, 2.75) is 32.4 Å². The van der Waals surface area contributed by atoms with Crippen LogP contribution in [0.15, 0.2) is 46.1 Å². The standard InChI is InChI=1S/C20H25N3O5/c1-15-12-23(20(26)21-19(15)25)14-18(24)22(13-17-8-5-10-27-17)9-11-28-16-6-3-2-4-7-16/h2-4,6-7,12,17H,5,8-11,13-14H2,1H3,(H,21,25,26). The molecule has 28 heavy (non-hydrogen) atoms. The molecule has 1 aliphatic heterocycles. The van der Waals surface area contributed by atoms with E-state index in [9.17, 15) is 14.4 Å². The number of aromatic nitrogens is 2. The topological polar surface area (TPSA) is 93.6 Å². The first kappa shape index (κ1) is 19.9. The number of H-pyrrole nitrogens is 1. The van der Waals surface area contributed by atoms with Crippen LogP contribution in [0.3, 0.4) is 0 Å². The maximum absolute atomic E-state index is 12.9. The number of aryl methyl sites for hydroxylation is 1. The van der Waals surface area contributed by atoms with Crippen LogP contribution in [0, 0.1) is 6.92 Å². The van der Waals surface area contributed by atoms with Gasteiger partial charge in [0.2, 0.25) is 5.91 Å². The van der Waals surface area contributed by atoms with Gasteiger partial charge >= 0.3 is 5.69 Å². The SMILES string of the molecule is Cc1cn(CC(=O)N(CCOc2ccccc2)CC2CCCO2)c(=O)[nH]c1=O. The highest BCUT2D eigenvalue weighted by atomic mass is 16.5. The van der Waals surface area contributed by atoms with E-state index in [0.717, 1.165) is 18.6 Å². The Morgan fingerprint density at radius 2 is 2.11 bits per heavy atom. The molecule has 2 heterocycles. The first-order valence-corrected chi connectivity index (χ1v) is 9.40. The van der Waals surface area contributed by atoms with Crippen LogP contribution in [0.1, 0.15) is 18.4 Å². The summed E-state index contributed by atoms with van der Waals surface area (Å²) in [6.45, 7) is 3.32. The molecule has 8 nitrogen and oxygen atoms in total. The fourth-order valence-electron chi connectivity index (χ4n) is 3.12. The second-order valence-electron chi connectivity index (χ2n) is 6.84. The Kier molecular flexibility index (Phi) is 6.65. The number of aromatic amines is 1. The monoisotopic (exact) mass is 387 g/mol. The largest absolute Gasteiger partial charge is 0.492 e. The summed E-state index contributed by atoms with van der Waals surface area (Å²) in [5, 5.41) is 0. The van der Waals surface area contributed by atoms with Crippen molar-refractivity contribution >= 4 is 5.91 Å². The van der Waals surface area contributed by atoms with Crippen molar-refractivity contribution < 1.29 is 14.3 Å². The third kappa shape index (κ3) is 5.32. The van der Waals surface area contributed by atoms with Crippen molar-refractivity contribution in [2.24, 2.45) is 0 Å². The molecule has 2 aromatic rings. The van der Waals surface area contributed by atoms with E-state index in [4.69, 9.17) is 9.47 Å². The lowest BCUT2D eigenvalue weighted by Gasteiger charge is -2.26. The summed E-state index contributed by atoms with van der Waals surface area (Å²) in [6.07, 6.45) is 3.28. The molecule has 1 amide bonds. The number of carbonyl (C=O) groups is 1. The molecule has 150 valence electrons. The normalized spacial score (nSPS) is 16.1. The van der Waals surface area contributed by atoms with Gasteiger partial charge < -0.3 is 14.4 Å². The maximum Gasteiger partial charge on any atom is 0.328 e. The van der Waals surface area contributed by atoms with Crippen LogP contribution in [0.5, 0.6) is 5.75 Å². The number of nitrogens with zero attached hydrogens (tertiary/aromatic N) is 2. The number of hydrogen-bond acceptors (Lipinski definition) is 5. The minimum atomic E-state index is -0.596. The molecular formula is C20H25N3O5. The van der Waals surface area contributed by atoms with E-state index >= 15 is 0 Å². The Bertz CT molecular complexity index is 900. The Morgan fingerprint density at radius 1 is 1.32 bits per heavy atom. The van der Waals surface area contributed by atoms with Crippen LogP contribution in [0.25, 0.3) is 0 Å². The number of para-hydroxylation sites is 1. The van der Waals surface area contributed by atoms with Crippen LogP contribution in [0.2, 0.25) is 0 Å². The number of ether oxygens (including phenoxy) is 2. The van der Waals surface area contributed by atoms with E-state index in [1.807, 2.05) is 30.3 Å². The zero-order valence-electron chi connectivity index (χ0n) is 15.9. The summed E-state index contributed by atoms with van der Waals surface area (Å²) in [6, 6.07) is 9.39. The second kappa shape index (κ2) is 9.36. The maximum atomic E-state index is 12.9. The first-order chi connectivity index (χ1) is 13.5. The molecule has 1 fully saturated rings. The molecule has 1 saturated heterocycles. The van der Waals surface area contributed by atoms with Crippen LogP contribution in [-0.4, -0.2) is 52.8 Å². The number of rotatable bonds is 8. The van der Waals surface area contributed by atoms with Crippen LogP contribution >= 0.6 is 0 Å². The number of amides is 1. The van der Waals surface area contributed by atoms with E-state index in [0.29, 0.717) is 31.9 Å². The molecule has 0 aliphatic carbocycles. The zero-order valence-corrected chi connectivity index (χ0v) is 15.9. The second-order valence-corrected chi connectivity index (χ2v) is 6.84. The first-order valence-electron chi connectivity index (χ1n) is 9.40. The van der Waals surface area contributed by atoms with Gasteiger partial charge in [-0.2, -0.15) is 0 Å². The zero-order chi connectivity index (χ0) is 19.9. The Balaban J connectivity index is 1.66. The smallest absolute Gasteiger partial charge is 0.328 e. The Morgan fingerprint density at radius 3 is 2.82 bits per heavy atom. The summed E-state index contributed by atoms with van der Waals surface area (Å²) in [5.41, 5.74) is -0.659. The van der Waals surface area contributed by atoms with Gasteiger partial charge in [0, 0.05) is 24.9 Å². The predicted octanol–water partition coefficient (Wildman–Crippen LogP) is 0.932. The summed E-state index contributed by atoms with van der Waals surface area (Å²) < 4.78 is 12.6. The third-order valence-corrected chi connectivity index (χ3v) is 4.67. The van der Waals surface area contributed by atoms with Gasteiger partial charge in [-0.3, -0.25) is 19.1 Å². The highest BCUT2D eigenvalue weighted by molar-refractivity contribution is 5.76. The van der Waals surface area contributed by atoms with Gasteiger partial charge in [0.1, 0.15) is 18.9 Å². The van der Waals surface area contributed by atoms with Gasteiger partial charge in [0.05, 0.1) is 12.6 Å². The molecule has 1 aromatic carbocycles. The highest BCUT2D eigenvalue weighted by Crippen LogP contribution is 2.14. The molecule has 1 aliphatic rings. The Hall–Kier alpha value is -2.87. The van der Waals surface area contributed by atoms with Gasteiger partial charge in [-0.1, -0.05) is 18.2 Å². The Labute approximate surface area is 162 Å². The average Bonchev–Trinajstić information content (AvgIpc) is 3.19. The van der Waals surface area contributed by atoms with Crippen LogP contribution in [0.4, 0.5) is 0 Å². The summed E-state index contributed by atoms with van der Waals surface area (Å²) in [5.74, 6) is 0.514.